The highest BCUT2D eigenvalue weighted by atomic mass is 35.5. The van der Waals surface area contributed by atoms with Crippen molar-refractivity contribution in [1.29, 1.82) is 0 Å². The summed E-state index contributed by atoms with van der Waals surface area (Å²) in [7, 11) is 2.09. The fourth-order valence-corrected chi connectivity index (χ4v) is 2.81. The Balaban J connectivity index is 1.93. The van der Waals surface area contributed by atoms with Crippen LogP contribution in [0.5, 0.6) is 0 Å². The zero-order chi connectivity index (χ0) is 12.3. The topological polar surface area (TPSA) is 29.3 Å². The molecule has 0 radical (unpaired) electrons. The summed E-state index contributed by atoms with van der Waals surface area (Å²) in [6, 6.07) is 5.67. The van der Waals surface area contributed by atoms with Gasteiger partial charge >= 0.3 is 0 Å². The van der Waals surface area contributed by atoms with Crippen LogP contribution in [-0.4, -0.2) is 13.6 Å². The smallest absolute Gasteiger partial charge is 0.0612 e. The first-order valence-corrected chi connectivity index (χ1v) is 6.81. The number of hydrogen-bond donors (Lipinski definition) is 1. The summed E-state index contributed by atoms with van der Waals surface area (Å²) < 4.78 is 0. The number of nitrogen functional groups attached to an aromatic ring is 1. The first-order chi connectivity index (χ1) is 8.16. The van der Waals surface area contributed by atoms with Crippen molar-refractivity contribution >= 4 is 23.0 Å². The van der Waals surface area contributed by atoms with Gasteiger partial charge in [-0.3, -0.25) is 0 Å². The molecule has 1 fully saturated rings. The van der Waals surface area contributed by atoms with Gasteiger partial charge in [0.1, 0.15) is 0 Å². The molecule has 1 aromatic carbocycles. The second kappa shape index (κ2) is 5.63. The van der Waals surface area contributed by atoms with E-state index in [1.807, 2.05) is 18.2 Å². The normalized spacial score (nSPS) is 16.4. The van der Waals surface area contributed by atoms with Gasteiger partial charge in [-0.2, -0.15) is 0 Å². The molecule has 0 spiro atoms. The summed E-state index contributed by atoms with van der Waals surface area (Å²) in [5, 5.41) is 0.752. The lowest BCUT2D eigenvalue weighted by Crippen LogP contribution is -2.21. The number of hydrogen-bond acceptors (Lipinski definition) is 2. The van der Waals surface area contributed by atoms with Crippen molar-refractivity contribution < 1.29 is 0 Å². The Morgan fingerprint density at radius 2 is 2.06 bits per heavy atom. The van der Waals surface area contributed by atoms with Crippen LogP contribution in [0.25, 0.3) is 0 Å². The summed E-state index contributed by atoms with van der Waals surface area (Å²) in [5.41, 5.74) is 7.83. The van der Waals surface area contributed by atoms with Crippen LogP contribution >= 0.6 is 11.6 Å². The Morgan fingerprint density at radius 1 is 1.35 bits per heavy atom. The molecule has 0 heterocycles. The Labute approximate surface area is 109 Å². The molecule has 17 heavy (non-hydrogen) atoms. The molecule has 2 rings (SSSR count). The quantitative estimate of drug-likeness (QED) is 0.823. The largest absolute Gasteiger partial charge is 0.397 e. The monoisotopic (exact) mass is 252 g/mol. The zero-order valence-electron chi connectivity index (χ0n) is 10.5. The van der Waals surface area contributed by atoms with E-state index in [0.29, 0.717) is 0 Å². The van der Waals surface area contributed by atoms with Crippen molar-refractivity contribution in [3.8, 4) is 0 Å². The average Bonchev–Trinajstić information content (AvgIpc) is 2.82. The third-order valence-corrected chi connectivity index (χ3v) is 3.99. The minimum absolute atomic E-state index is 0.752. The molecule has 0 unspecified atom stereocenters. The van der Waals surface area contributed by atoms with E-state index in [0.717, 1.165) is 28.9 Å². The Morgan fingerprint density at radius 3 is 2.76 bits per heavy atom. The fraction of sp³-hybridized carbons (Fsp3) is 0.571. The van der Waals surface area contributed by atoms with E-state index in [9.17, 15) is 0 Å². The van der Waals surface area contributed by atoms with Crippen molar-refractivity contribution in [2.75, 3.05) is 24.2 Å². The lowest BCUT2D eigenvalue weighted by molar-refractivity contribution is 0.505. The fourth-order valence-electron chi connectivity index (χ4n) is 2.64. The van der Waals surface area contributed by atoms with Crippen molar-refractivity contribution in [3.05, 3.63) is 23.2 Å². The van der Waals surface area contributed by atoms with Gasteiger partial charge in [0.15, 0.2) is 0 Å². The minimum atomic E-state index is 0.752. The second-order valence-electron chi connectivity index (χ2n) is 5.06. The van der Waals surface area contributed by atoms with Crippen LogP contribution in [0.4, 0.5) is 11.4 Å². The van der Waals surface area contributed by atoms with Crippen LogP contribution in [0, 0.1) is 5.92 Å². The van der Waals surface area contributed by atoms with E-state index in [4.69, 9.17) is 17.3 Å². The lowest BCUT2D eigenvalue weighted by Gasteiger charge is -2.23. The standard InChI is InChI=1S/C14H21ClN2/c1-17(9-8-11-4-2-3-5-11)14-10-12(15)6-7-13(14)16/h6-7,10-11H,2-5,8-9,16H2,1H3. The molecule has 2 N–H and O–H groups in total. The second-order valence-corrected chi connectivity index (χ2v) is 5.50. The Kier molecular flexibility index (Phi) is 4.16. The van der Waals surface area contributed by atoms with Crippen LogP contribution < -0.4 is 10.6 Å². The molecule has 1 aromatic rings. The number of anilines is 2. The van der Waals surface area contributed by atoms with E-state index < -0.39 is 0 Å². The Bertz CT molecular complexity index is 372. The predicted molar refractivity (Wildman–Crippen MR) is 75.7 cm³/mol. The van der Waals surface area contributed by atoms with E-state index in [-0.39, 0.29) is 0 Å². The van der Waals surface area contributed by atoms with Crippen LogP contribution in [0.3, 0.4) is 0 Å². The number of benzene rings is 1. The average molecular weight is 253 g/mol. The molecule has 0 bridgehead atoms. The highest BCUT2D eigenvalue weighted by Gasteiger charge is 2.16. The maximum absolute atomic E-state index is 6.01. The van der Waals surface area contributed by atoms with Crippen molar-refractivity contribution in [2.24, 2.45) is 5.92 Å². The molecule has 0 aliphatic heterocycles. The molecular weight excluding hydrogens is 232 g/mol. The molecule has 0 atom stereocenters. The van der Waals surface area contributed by atoms with E-state index in [1.165, 1.54) is 32.1 Å². The molecule has 0 aromatic heterocycles. The summed E-state index contributed by atoms with van der Waals surface area (Å²) in [5.74, 6) is 0.915. The number of halogens is 1. The van der Waals surface area contributed by atoms with Crippen LogP contribution in [0.15, 0.2) is 18.2 Å². The minimum Gasteiger partial charge on any atom is -0.397 e. The SMILES string of the molecule is CN(CCC1CCCC1)c1cc(Cl)ccc1N. The number of rotatable bonds is 4. The predicted octanol–water partition coefficient (Wildman–Crippen LogP) is 3.94. The third-order valence-electron chi connectivity index (χ3n) is 3.75. The van der Waals surface area contributed by atoms with Gasteiger partial charge in [0, 0.05) is 18.6 Å². The molecule has 2 nitrogen and oxygen atoms in total. The lowest BCUT2D eigenvalue weighted by atomic mass is 10.0. The van der Waals surface area contributed by atoms with Crippen LogP contribution in [-0.2, 0) is 0 Å². The molecule has 1 aliphatic rings. The number of nitrogens with two attached hydrogens (primary N) is 1. The van der Waals surface area contributed by atoms with E-state index in [2.05, 4.69) is 11.9 Å². The van der Waals surface area contributed by atoms with Gasteiger partial charge in [-0.1, -0.05) is 37.3 Å². The van der Waals surface area contributed by atoms with Gasteiger partial charge in [0.2, 0.25) is 0 Å². The summed E-state index contributed by atoms with van der Waals surface area (Å²) >= 11 is 6.01. The van der Waals surface area contributed by atoms with Crippen molar-refractivity contribution in [3.63, 3.8) is 0 Å². The first-order valence-electron chi connectivity index (χ1n) is 6.43. The van der Waals surface area contributed by atoms with Crippen LogP contribution in [0.2, 0.25) is 5.02 Å². The highest BCUT2D eigenvalue weighted by Crippen LogP contribution is 2.30. The molecule has 3 heteroatoms. The maximum Gasteiger partial charge on any atom is 0.0612 e. The summed E-state index contributed by atoms with van der Waals surface area (Å²) in [4.78, 5) is 2.22. The highest BCUT2D eigenvalue weighted by molar-refractivity contribution is 6.31. The van der Waals surface area contributed by atoms with Crippen LogP contribution in [0.1, 0.15) is 32.1 Å². The van der Waals surface area contributed by atoms with Gasteiger partial charge in [0.25, 0.3) is 0 Å². The van der Waals surface area contributed by atoms with Crippen molar-refractivity contribution in [1.82, 2.24) is 0 Å². The molecule has 94 valence electrons. The molecule has 1 saturated carbocycles. The Hall–Kier alpha value is -0.890. The number of nitrogens with zero attached hydrogens (tertiary/aromatic N) is 1. The van der Waals surface area contributed by atoms with Gasteiger partial charge in [-0.15, -0.1) is 0 Å². The molecule has 1 aliphatic carbocycles. The summed E-state index contributed by atoms with van der Waals surface area (Å²) in [6.45, 7) is 1.06. The van der Waals surface area contributed by atoms with Gasteiger partial charge in [0.05, 0.1) is 11.4 Å². The molecule has 0 amide bonds. The van der Waals surface area contributed by atoms with Gasteiger partial charge in [-0.25, -0.2) is 0 Å². The summed E-state index contributed by atoms with van der Waals surface area (Å²) in [6.07, 6.45) is 6.89. The molecular formula is C14H21ClN2. The zero-order valence-corrected chi connectivity index (χ0v) is 11.2. The van der Waals surface area contributed by atoms with Gasteiger partial charge in [-0.05, 0) is 30.5 Å². The molecule has 0 saturated heterocycles. The van der Waals surface area contributed by atoms with Crippen molar-refractivity contribution in [2.45, 2.75) is 32.1 Å². The van der Waals surface area contributed by atoms with E-state index in [1.54, 1.807) is 0 Å². The third kappa shape index (κ3) is 3.29. The maximum atomic E-state index is 6.01. The van der Waals surface area contributed by atoms with Gasteiger partial charge < -0.3 is 10.6 Å². The van der Waals surface area contributed by atoms with E-state index >= 15 is 0 Å². The first kappa shape index (κ1) is 12.6.